The first-order valence-corrected chi connectivity index (χ1v) is 10.0. The molecule has 1 aliphatic heterocycles. The second-order valence-corrected chi connectivity index (χ2v) is 7.83. The van der Waals surface area contributed by atoms with E-state index in [0.29, 0.717) is 12.5 Å². The van der Waals surface area contributed by atoms with Crippen LogP contribution in [0.4, 0.5) is 0 Å². The van der Waals surface area contributed by atoms with Crippen LogP contribution in [0.1, 0.15) is 12.0 Å². The molecular formula is C19H25N5OS. The summed E-state index contributed by atoms with van der Waals surface area (Å²) in [5.74, 6) is 0.656. The van der Waals surface area contributed by atoms with E-state index in [4.69, 9.17) is 4.74 Å². The molecule has 0 amide bonds. The number of rotatable bonds is 6. The van der Waals surface area contributed by atoms with E-state index in [1.54, 1.807) is 11.3 Å². The molecule has 6 nitrogen and oxygen atoms in total. The average Bonchev–Trinajstić information content (AvgIpc) is 3.26. The van der Waals surface area contributed by atoms with Gasteiger partial charge in [0.25, 0.3) is 0 Å². The number of nitrogens with zero attached hydrogens (tertiary/aromatic N) is 5. The minimum Gasteiger partial charge on any atom is -0.477 e. The summed E-state index contributed by atoms with van der Waals surface area (Å²) in [5, 5.41) is 6.78. The van der Waals surface area contributed by atoms with E-state index in [9.17, 15) is 0 Å². The molecule has 4 rings (SSSR count). The molecule has 0 atom stereocenters. The van der Waals surface area contributed by atoms with Gasteiger partial charge in [-0.2, -0.15) is 0 Å². The fourth-order valence-corrected chi connectivity index (χ4v) is 4.10. The normalized spacial score (nSPS) is 16.4. The van der Waals surface area contributed by atoms with Gasteiger partial charge in [0.15, 0.2) is 5.65 Å². The molecule has 26 heavy (non-hydrogen) atoms. The van der Waals surface area contributed by atoms with Crippen LogP contribution in [0.3, 0.4) is 0 Å². The Hall–Kier alpha value is -1.96. The van der Waals surface area contributed by atoms with E-state index < -0.39 is 0 Å². The van der Waals surface area contributed by atoms with Gasteiger partial charge >= 0.3 is 0 Å². The number of aryl methyl sites for hydroxylation is 1. The molecule has 1 aliphatic rings. The molecule has 0 aliphatic carbocycles. The fraction of sp³-hybridized carbons (Fsp3) is 0.474. The Morgan fingerprint density at radius 2 is 2.04 bits per heavy atom. The highest BCUT2D eigenvalue weighted by Gasteiger charge is 2.13. The maximum Gasteiger partial charge on any atom is 0.231 e. The van der Waals surface area contributed by atoms with Crippen molar-refractivity contribution in [1.82, 2.24) is 24.4 Å². The van der Waals surface area contributed by atoms with Crippen LogP contribution in [-0.4, -0.2) is 70.8 Å². The van der Waals surface area contributed by atoms with E-state index in [0.717, 1.165) is 50.5 Å². The van der Waals surface area contributed by atoms with Crippen molar-refractivity contribution in [1.29, 1.82) is 0 Å². The topological polar surface area (TPSA) is 45.9 Å². The van der Waals surface area contributed by atoms with Crippen LogP contribution in [0.15, 0.2) is 29.8 Å². The van der Waals surface area contributed by atoms with Gasteiger partial charge in [0.2, 0.25) is 5.88 Å². The Morgan fingerprint density at radius 1 is 1.19 bits per heavy atom. The SMILES string of the molecule is Cc1csc(-c2cnc3ccc(OCCCN4CCN(C)CC4)nn23)c1. The van der Waals surface area contributed by atoms with Crippen LogP contribution in [0.25, 0.3) is 16.2 Å². The third kappa shape index (κ3) is 3.90. The molecule has 3 aromatic heterocycles. The van der Waals surface area contributed by atoms with E-state index in [-0.39, 0.29) is 0 Å². The fourth-order valence-electron chi connectivity index (χ4n) is 3.20. The Bertz CT molecular complexity index is 866. The molecule has 0 radical (unpaired) electrons. The highest BCUT2D eigenvalue weighted by Crippen LogP contribution is 2.27. The van der Waals surface area contributed by atoms with Gasteiger partial charge in [-0.15, -0.1) is 16.4 Å². The largest absolute Gasteiger partial charge is 0.477 e. The van der Waals surface area contributed by atoms with Gasteiger partial charge in [0.05, 0.1) is 17.7 Å². The highest BCUT2D eigenvalue weighted by atomic mass is 32.1. The van der Waals surface area contributed by atoms with Crippen molar-refractivity contribution in [2.75, 3.05) is 46.4 Å². The van der Waals surface area contributed by atoms with Gasteiger partial charge in [-0.3, -0.25) is 0 Å². The molecule has 0 unspecified atom stereocenters. The summed E-state index contributed by atoms with van der Waals surface area (Å²) in [5.41, 5.74) is 3.12. The number of hydrogen-bond donors (Lipinski definition) is 0. The second kappa shape index (κ2) is 7.73. The zero-order valence-corrected chi connectivity index (χ0v) is 16.2. The molecule has 3 aromatic rings. The highest BCUT2D eigenvalue weighted by molar-refractivity contribution is 7.13. The van der Waals surface area contributed by atoms with Crippen molar-refractivity contribution in [3.8, 4) is 16.5 Å². The molecule has 0 spiro atoms. The van der Waals surface area contributed by atoms with E-state index in [1.807, 2.05) is 22.8 Å². The summed E-state index contributed by atoms with van der Waals surface area (Å²) in [7, 11) is 2.18. The Kier molecular flexibility index (Phi) is 5.19. The van der Waals surface area contributed by atoms with Gasteiger partial charge in [0, 0.05) is 38.8 Å². The number of aromatic nitrogens is 3. The lowest BCUT2D eigenvalue weighted by molar-refractivity contribution is 0.145. The van der Waals surface area contributed by atoms with Gasteiger partial charge in [-0.1, -0.05) is 0 Å². The number of imidazole rings is 1. The van der Waals surface area contributed by atoms with Gasteiger partial charge in [-0.05, 0) is 43.5 Å². The molecule has 0 bridgehead atoms. The predicted octanol–water partition coefficient (Wildman–Crippen LogP) is 2.78. The number of likely N-dealkylation sites (N-methyl/N-ethyl adjacent to an activating group) is 1. The lowest BCUT2D eigenvalue weighted by Crippen LogP contribution is -2.44. The zero-order chi connectivity index (χ0) is 17.9. The molecular weight excluding hydrogens is 346 g/mol. The molecule has 1 fully saturated rings. The molecule has 4 heterocycles. The van der Waals surface area contributed by atoms with Crippen molar-refractivity contribution in [3.05, 3.63) is 35.3 Å². The van der Waals surface area contributed by atoms with E-state index >= 15 is 0 Å². The van der Waals surface area contributed by atoms with E-state index in [1.165, 1.54) is 10.4 Å². The maximum atomic E-state index is 5.90. The Labute approximate surface area is 158 Å². The molecule has 7 heteroatoms. The molecule has 0 N–H and O–H groups in total. The lowest BCUT2D eigenvalue weighted by Gasteiger charge is -2.32. The molecule has 138 valence electrons. The van der Waals surface area contributed by atoms with Crippen LogP contribution in [0.2, 0.25) is 0 Å². The van der Waals surface area contributed by atoms with Crippen molar-refractivity contribution < 1.29 is 4.74 Å². The van der Waals surface area contributed by atoms with Crippen LogP contribution in [0, 0.1) is 6.92 Å². The summed E-state index contributed by atoms with van der Waals surface area (Å²) in [6.45, 7) is 8.49. The molecule has 1 saturated heterocycles. The number of fused-ring (bicyclic) bond motifs is 1. The predicted molar refractivity (Wildman–Crippen MR) is 105 cm³/mol. The van der Waals surface area contributed by atoms with Crippen molar-refractivity contribution in [2.24, 2.45) is 0 Å². The molecule has 0 saturated carbocycles. The summed E-state index contributed by atoms with van der Waals surface area (Å²) in [4.78, 5) is 10.5. The Morgan fingerprint density at radius 3 is 2.81 bits per heavy atom. The van der Waals surface area contributed by atoms with Gasteiger partial charge < -0.3 is 14.5 Å². The van der Waals surface area contributed by atoms with Crippen LogP contribution < -0.4 is 4.74 Å². The summed E-state index contributed by atoms with van der Waals surface area (Å²) >= 11 is 1.71. The standard InChI is InChI=1S/C19H25N5OS/c1-15-12-17(26-14-15)16-13-20-18-4-5-19(21-24(16)18)25-11-3-6-23-9-7-22(2)8-10-23/h4-5,12-14H,3,6-11H2,1-2H3. The number of hydrogen-bond acceptors (Lipinski definition) is 6. The van der Waals surface area contributed by atoms with Gasteiger partial charge in [-0.25, -0.2) is 9.50 Å². The first kappa shape index (κ1) is 17.5. The minimum absolute atomic E-state index is 0.656. The third-order valence-electron chi connectivity index (χ3n) is 4.79. The third-order valence-corrected chi connectivity index (χ3v) is 5.86. The van der Waals surface area contributed by atoms with Crippen LogP contribution in [0.5, 0.6) is 5.88 Å². The maximum absolute atomic E-state index is 5.90. The van der Waals surface area contributed by atoms with Crippen molar-refractivity contribution >= 4 is 17.0 Å². The van der Waals surface area contributed by atoms with Gasteiger partial charge in [0.1, 0.15) is 5.69 Å². The quantitative estimate of drug-likeness (QED) is 0.624. The summed E-state index contributed by atoms with van der Waals surface area (Å²) in [6.07, 6.45) is 2.90. The first-order chi connectivity index (χ1) is 12.7. The summed E-state index contributed by atoms with van der Waals surface area (Å²) < 4.78 is 7.77. The zero-order valence-electron chi connectivity index (χ0n) is 15.4. The first-order valence-electron chi connectivity index (χ1n) is 9.13. The monoisotopic (exact) mass is 371 g/mol. The smallest absolute Gasteiger partial charge is 0.231 e. The summed E-state index contributed by atoms with van der Waals surface area (Å²) in [6, 6.07) is 6.04. The Balaban J connectivity index is 1.36. The van der Waals surface area contributed by atoms with Crippen molar-refractivity contribution in [2.45, 2.75) is 13.3 Å². The molecule has 0 aromatic carbocycles. The second-order valence-electron chi connectivity index (χ2n) is 6.92. The average molecular weight is 372 g/mol. The van der Waals surface area contributed by atoms with Crippen LogP contribution >= 0.6 is 11.3 Å². The number of ether oxygens (including phenoxy) is 1. The van der Waals surface area contributed by atoms with Crippen molar-refractivity contribution in [3.63, 3.8) is 0 Å². The number of thiophene rings is 1. The van der Waals surface area contributed by atoms with Crippen LogP contribution in [-0.2, 0) is 0 Å². The minimum atomic E-state index is 0.656. The number of piperazine rings is 1. The lowest BCUT2D eigenvalue weighted by atomic mass is 10.3. The van der Waals surface area contributed by atoms with E-state index in [2.05, 4.69) is 45.3 Å².